The molecule has 2 unspecified atom stereocenters. The van der Waals surface area contributed by atoms with E-state index < -0.39 is 36.4 Å². The molecule has 3 nitrogen and oxygen atoms in total. The fourth-order valence-corrected chi connectivity index (χ4v) is 0.872. The summed E-state index contributed by atoms with van der Waals surface area (Å²) in [5.74, 6) is -0.597. The van der Waals surface area contributed by atoms with Crippen molar-refractivity contribution in [1.29, 1.82) is 0 Å². The van der Waals surface area contributed by atoms with Crippen LogP contribution in [0.3, 0.4) is 0 Å². The van der Waals surface area contributed by atoms with Gasteiger partial charge in [-0.25, -0.2) is 13.2 Å². The minimum absolute atomic E-state index is 0.597. The number of hydrogen-bond donors (Lipinski definition) is 0. The Labute approximate surface area is 99.3 Å². The van der Waals surface area contributed by atoms with E-state index in [9.17, 15) is 18.0 Å². The first-order valence-corrected chi connectivity index (χ1v) is 5.26. The van der Waals surface area contributed by atoms with Gasteiger partial charge in [0.2, 0.25) is 6.29 Å². The maximum absolute atomic E-state index is 12.5. The normalized spacial score (nSPS) is 17.7. The van der Waals surface area contributed by atoms with Crippen molar-refractivity contribution < 1.29 is 27.4 Å². The van der Waals surface area contributed by atoms with E-state index in [0.29, 0.717) is 0 Å². The second-order valence-electron chi connectivity index (χ2n) is 5.09. The topological polar surface area (TPSA) is 35.5 Å². The van der Waals surface area contributed by atoms with E-state index in [4.69, 9.17) is 9.47 Å². The Balaban J connectivity index is 4.45. The SMILES string of the molecule is CC(OC(=O)C(C)(C)C)OC(C)(CF)C(F)F. The molecule has 0 saturated carbocycles. The number of ether oxygens (including phenoxy) is 2. The lowest BCUT2D eigenvalue weighted by Gasteiger charge is -2.30. The molecule has 0 bridgehead atoms. The van der Waals surface area contributed by atoms with Crippen molar-refractivity contribution in [2.75, 3.05) is 6.67 Å². The molecule has 6 heteroatoms. The van der Waals surface area contributed by atoms with Gasteiger partial charge in [-0.1, -0.05) is 0 Å². The number of alkyl halides is 3. The summed E-state index contributed by atoms with van der Waals surface area (Å²) in [6, 6.07) is 0. The van der Waals surface area contributed by atoms with Crippen LogP contribution in [0, 0.1) is 5.41 Å². The lowest BCUT2D eigenvalue weighted by atomic mass is 9.97. The average Bonchev–Trinajstić information content (AvgIpc) is 2.15. The predicted molar refractivity (Wildman–Crippen MR) is 56.5 cm³/mol. The highest BCUT2D eigenvalue weighted by Gasteiger charge is 2.39. The van der Waals surface area contributed by atoms with Gasteiger partial charge in [0.05, 0.1) is 5.41 Å². The molecule has 0 aliphatic carbocycles. The Morgan fingerprint density at radius 3 is 2.00 bits per heavy atom. The third-order valence-electron chi connectivity index (χ3n) is 2.05. The summed E-state index contributed by atoms with van der Waals surface area (Å²) >= 11 is 0. The zero-order valence-corrected chi connectivity index (χ0v) is 10.7. The number of carbonyl (C=O) groups is 1. The standard InChI is InChI=1S/C11H19F3O3/c1-7(16-9(15)10(2,3)4)17-11(5,6-12)8(13)14/h7-8H,6H2,1-5H3. The van der Waals surface area contributed by atoms with Gasteiger partial charge < -0.3 is 9.47 Å². The smallest absolute Gasteiger partial charge is 0.313 e. The first kappa shape index (κ1) is 16.2. The molecule has 0 aromatic rings. The summed E-state index contributed by atoms with van der Waals surface area (Å²) < 4.78 is 47.0. The fraction of sp³-hybridized carbons (Fsp3) is 0.909. The molecule has 0 aromatic carbocycles. The van der Waals surface area contributed by atoms with Crippen LogP contribution in [-0.2, 0) is 14.3 Å². The number of rotatable bonds is 5. The van der Waals surface area contributed by atoms with Gasteiger partial charge >= 0.3 is 5.97 Å². The third kappa shape index (κ3) is 4.93. The van der Waals surface area contributed by atoms with E-state index >= 15 is 0 Å². The molecule has 0 aliphatic heterocycles. The van der Waals surface area contributed by atoms with Crippen molar-refractivity contribution in [3.05, 3.63) is 0 Å². The molecule has 0 amide bonds. The maximum atomic E-state index is 12.5. The minimum atomic E-state index is -3.00. The second-order valence-corrected chi connectivity index (χ2v) is 5.09. The molecular weight excluding hydrogens is 237 g/mol. The molecule has 0 heterocycles. The van der Waals surface area contributed by atoms with Gasteiger partial charge in [-0.05, 0) is 34.6 Å². The second kappa shape index (κ2) is 5.71. The summed E-state index contributed by atoms with van der Waals surface area (Å²) in [5.41, 5.74) is -3.02. The van der Waals surface area contributed by atoms with Gasteiger partial charge in [0, 0.05) is 0 Å². The van der Waals surface area contributed by atoms with Crippen LogP contribution in [0.25, 0.3) is 0 Å². The molecule has 0 fully saturated rings. The number of carbonyl (C=O) groups excluding carboxylic acids is 1. The Kier molecular flexibility index (Phi) is 5.45. The summed E-state index contributed by atoms with van der Waals surface area (Å²) in [5, 5.41) is 0. The minimum Gasteiger partial charge on any atom is -0.436 e. The van der Waals surface area contributed by atoms with Gasteiger partial charge in [0.25, 0.3) is 6.43 Å². The van der Waals surface area contributed by atoms with Crippen LogP contribution < -0.4 is 0 Å². The van der Waals surface area contributed by atoms with E-state index in [1.807, 2.05) is 0 Å². The van der Waals surface area contributed by atoms with Crippen molar-refractivity contribution in [2.24, 2.45) is 5.41 Å². The van der Waals surface area contributed by atoms with E-state index in [1.54, 1.807) is 20.8 Å². The molecule has 0 saturated heterocycles. The Bertz CT molecular complexity index is 263. The summed E-state index contributed by atoms with van der Waals surface area (Å²) in [7, 11) is 0. The first-order valence-electron chi connectivity index (χ1n) is 5.26. The predicted octanol–water partition coefficient (Wildman–Crippen LogP) is 2.93. The first-order chi connectivity index (χ1) is 7.53. The van der Waals surface area contributed by atoms with Gasteiger partial charge in [0.1, 0.15) is 6.67 Å². The summed E-state index contributed by atoms with van der Waals surface area (Å²) in [6.45, 7) is 5.69. The van der Waals surface area contributed by atoms with Crippen LogP contribution >= 0.6 is 0 Å². The highest BCUT2D eigenvalue weighted by Crippen LogP contribution is 2.24. The summed E-state index contributed by atoms with van der Waals surface area (Å²) in [4.78, 5) is 11.4. The van der Waals surface area contributed by atoms with Gasteiger partial charge in [0.15, 0.2) is 5.60 Å². The fourth-order valence-electron chi connectivity index (χ4n) is 0.872. The highest BCUT2D eigenvalue weighted by atomic mass is 19.3. The quantitative estimate of drug-likeness (QED) is 0.560. The van der Waals surface area contributed by atoms with Crippen LogP contribution in [-0.4, -0.2) is 31.0 Å². The van der Waals surface area contributed by atoms with Crippen LogP contribution in [0.5, 0.6) is 0 Å². The molecule has 0 aromatic heterocycles. The molecule has 2 atom stereocenters. The molecule has 102 valence electrons. The van der Waals surface area contributed by atoms with Crippen LogP contribution in [0.4, 0.5) is 13.2 Å². The zero-order chi connectivity index (χ0) is 13.9. The van der Waals surface area contributed by atoms with Crippen molar-refractivity contribution >= 4 is 5.97 Å². The molecular formula is C11H19F3O3. The zero-order valence-electron chi connectivity index (χ0n) is 10.7. The molecule has 0 N–H and O–H groups in total. The lowest BCUT2D eigenvalue weighted by molar-refractivity contribution is -0.239. The number of halogens is 3. The van der Waals surface area contributed by atoms with Crippen molar-refractivity contribution in [3.8, 4) is 0 Å². The molecule has 0 aliphatic rings. The highest BCUT2D eigenvalue weighted by molar-refractivity contribution is 5.75. The van der Waals surface area contributed by atoms with E-state index in [-0.39, 0.29) is 0 Å². The van der Waals surface area contributed by atoms with Crippen LogP contribution in [0.15, 0.2) is 0 Å². The average molecular weight is 256 g/mol. The number of hydrogen-bond acceptors (Lipinski definition) is 3. The maximum Gasteiger partial charge on any atom is 0.313 e. The van der Waals surface area contributed by atoms with E-state index in [0.717, 1.165) is 6.92 Å². The lowest BCUT2D eigenvalue weighted by Crippen LogP contribution is -2.43. The van der Waals surface area contributed by atoms with E-state index in [2.05, 4.69) is 0 Å². The Hall–Kier alpha value is -0.780. The third-order valence-corrected chi connectivity index (χ3v) is 2.05. The van der Waals surface area contributed by atoms with Crippen molar-refractivity contribution in [3.63, 3.8) is 0 Å². The summed E-state index contributed by atoms with van der Waals surface area (Å²) in [6.07, 6.45) is -4.22. The molecule has 0 spiro atoms. The monoisotopic (exact) mass is 256 g/mol. The van der Waals surface area contributed by atoms with E-state index in [1.165, 1.54) is 6.92 Å². The molecule has 0 rings (SSSR count). The van der Waals surface area contributed by atoms with Gasteiger partial charge in [-0.3, -0.25) is 4.79 Å². The Morgan fingerprint density at radius 1 is 1.24 bits per heavy atom. The number of esters is 1. The van der Waals surface area contributed by atoms with Gasteiger partial charge in [-0.2, -0.15) is 0 Å². The van der Waals surface area contributed by atoms with Crippen molar-refractivity contribution in [2.45, 2.75) is 52.9 Å². The Morgan fingerprint density at radius 2 is 1.71 bits per heavy atom. The van der Waals surface area contributed by atoms with Crippen LogP contribution in [0.2, 0.25) is 0 Å². The largest absolute Gasteiger partial charge is 0.436 e. The van der Waals surface area contributed by atoms with Crippen molar-refractivity contribution in [1.82, 2.24) is 0 Å². The molecule has 17 heavy (non-hydrogen) atoms. The van der Waals surface area contributed by atoms with Crippen LogP contribution in [0.1, 0.15) is 34.6 Å². The molecule has 0 radical (unpaired) electrons. The van der Waals surface area contributed by atoms with Gasteiger partial charge in [-0.15, -0.1) is 0 Å².